The number of aryl methyl sites for hydroxylation is 1. The van der Waals surface area contributed by atoms with Crippen LogP contribution in [0.1, 0.15) is 61.3 Å². The van der Waals surface area contributed by atoms with Gasteiger partial charge in [0, 0.05) is 32.8 Å². The average Bonchev–Trinajstić information content (AvgIpc) is 3.20. The SMILES string of the molecule is CC(C)c1nnc([C@]23CC[C@H]2CCN3C(=O)c2cn(C)c(=O)n2C)o1. The zero-order chi connectivity index (χ0) is 17.9. The van der Waals surface area contributed by atoms with E-state index in [-0.39, 0.29) is 17.5 Å². The van der Waals surface area contributed by atoms with Gasteiger partial charge in [-0.15, -0.1) is 10.2 Å². The molecule has 1 amide bonds. The first kappa shape index (κ1) is 16.1. The number of likely N-dealkylation sites (tertiary alicyclic amines) is 1. The number of hydrogen-bond acceptors (Lipinski definition) is 5. The van der Waals surface area contributed by atoms with Crippen LogP contribution in [0.2, 0.25) is 0 Å². The fraction of sp³-hybridized carbons (Fsp3) is 0.647. The summed E-state index contributed by atoms with van der Waals surface area (Å²) in [4.78, 5) is 27.1. The summed E-state index contributed by atoms with van der Waals surface area (Å²) < 4.78 is 8.77. The lowest BCUT2D eigenvalue weighted by Crippen LogP contribution is -2.54. The van der Waals surface area contributed by atoms with Crippen LogP contribution in [0.4, 0.5) is 0 Å². The van der Waals surface area contributed by atoms with Crippen molar-refractivity contribution in [1.82, 2.24) is 24.2 Å². The Labute approximate surface area is 145 Å². The molecule has 1 aliphatic heterocycles. The van der Waals surface area contributed by atoms with E-state index in [1.54, 1.807) is 20.3 Å². The zero-order valence-electron chi connectivity index (χ0n) is 15.0. The molecule has 0 N–H and O–H groups in total. The molecule has 2 atom stereocenters. The molecule has 25 heavy (non-hydrogen) atoms. The Morgan fingerprint density at radius 1 is 1.32 bits per heavy atom. The van der Waals surface area contributed by atoms with Gasteiger partial charge in [0.2, 0.25) is 11.8 Å². The number of amides is 1. The second-order valence-electron chi connectivity index (χ2n) is 7.47. The Hall–Kier alpha value is -2.38. The highest BCUT2D eigenvalue weighted by Crippen LogP contribution is 2.56. The summed E-state index contributed by atoms with van der Waals surface area (Å²) in [7, 11) is 3.28. The van der Waals surface area contributed by atoms with Crippen LogP contribution < -0.4 is 5.69 Å². The van der Waals surface area contributed by atoms with Crippen molar-refractivity contribution in [3.05, 3.63) is 34.2 Å². The van der Waals surface area contributed by atoms with E-state index in [2.05, 4.69) is 10.2 Å². The summed E-state index contributed by atoms with van der Waals surface area (Å²) in [6, 6.07) is 0. The van der Waals surface area contributed by atoms with E-state index >= 15 is 0 Å². The lowest BCUT2D eigenvalue weighted by Gasteiger charge is -2.46. The van der Waals surface area contributed by atoms with Gasteiger partial charge >= 0.3 is 5.69 Å². The average molecular weight is 345 g/mol. The Balaban J connectivity index is 1.74. The van der Waals surface area contributed by atoms with E-state index in [0.29, 0.717) is 29.9 Å². The number of carbonyl (C=O) groups excluding carboxylic acids is 1. The molecule has 2 aromatic rings. The van der Waals surface area contributed by atoms with Gasteiger partial charge in [-0.2, -0.15) is 0 Å². The minimum atomic E-state index is -0.511. The fourth-order valence-electron chi connectivity index (χ4n) is 4.17. The highest BCUT2D eigenvalue weighted by molar-refractivity contribution is 5.93. The van der Waals surface area contributed by atoms with E-state index < -0.39 is 5.54 Å². The Kier molecular flexibility index (Phi) is 3.42. The van der Waals surface area contributed by atoms with Gasteiger partial charge in [0.05, 0.1) is 0 Å². The third-order valence-electron chi connectivity index (χ3n) is 5.77. The fourth-order valence-corrected chi connectivity index (χ4v) is 4.17. The van der Waals surface area contributed by atoms with E-state index in [1.807, 2.05) is 18.7 Å². The van der Waals surface area contributed by atoms with Crippen molar-refractivity contribution in [3.8, 4) is 0 Å². The van der Waals surface area contributed by atoms with E-state index in [9.17, 15) is 9.59 Å². The van der Waals surface area contributed by atoms with Gasteiger partial charge in [0.25, 0.3) is 5.91 Å². The zero-order valence-corrected chi connectivity index (χ0v) is 15.0. The van der Waals surface area contributed by atoms with Crippen LogP contribution in [0.15, 0.2) is 15.4 Å². The van der Waals surface area contributed by atoms with Gasteiger partial charge in [-0.05, 0) is 25.2 Å². The smallest absolute Gasteiger partial charge is 0.328 e. The normalized spacial score (nSPS) is 25.3. The molecule has 2 aliphatic rings. The van der Waals surface area contributed by atoms with Crippen LogP contribution in [0.25, 0.3) is 0 Å². The maximum Gasteiger partial charge on any atom is 0.328 e. The second kappa shape index (κ2) is 5.31. The number of hydrogen-bond donors (Lipinski definition) is 0. The molecular formula is C17H23N5O3. The third kappa shape index (κ3) is 2.06. The molecule has 1 saturated carbocycles. The number of imidazole rings is 1. The number of nitrogens with zero attached hydrogens (tertiary/aromatic N) is 5. The molecule has 8 heteroatoms. The predicted molar refractivity (Wildman–Crippen MR) is 89.1 cm³/mol. The van der Waals surface area contributed by atoms with E-state index in [1.165, 1.54) is 9.13 Å². The maximum absolute atomic E-state index is 13.2. The quantitative estimate of drug-likeness (QED) is 0.839. The standard InChI is InChI=1S/C17H23N5O3/c1-10(2)13-18-19-15(25-13)17-7-5-11(17)6-8-22(17)14(23)12-9-20(3)16(24)21(12)4/h9-11H,5-8H2,1-4H3/t11-,17-/m0/s1. The van der Waals surface area contributed by atoms with Crippen molar-refractivity contribution >= 4 is 5.91 Å². The molecule has 2 aromatic heterocycles. The monoisotopic (exact) mass is 345 g/mol. The van der Waals surface area contributed by atoms with Crippen LogP contribution in [0, 0.1) is 5.92 Å². The van der Waals surface area contributed by atoms with Crippen LogP contribution in [-0.4, -0.2) is 36.7 Å². The Bertz CT molecular complexity index is 892. The van der Waals surface area contributed by atoms with Gasteiger partial charge in [-0.3, -0.25) is 9.36 Å². The molecule has 3 heterocycles. The van der Waals surface area contributed by atoms with Gasteiger partial charge in [0.15, 0.2) is 0 Å². The minimum Gasteiger partial charge on any atom is -0.422 e. The molecular weight excluding hydrogens is 322 g/mol. The van der Waals surface area contributed by atoms with Crippen LogP contribution in [0.3, 0.4) is 0 Å². The van der Waals surface area contributed by atoms with Gasteiger partial charge in [-0.25, -0.2) is 4.79 Å². The van der Waals surface area contributed by atoms with Crippen molar-refractivity contribution in [2.75, 3.05) is 6.54 Å². The molecule has 0 unspecified atom stereocenters. The lowest BCUT2D eigenvalue weighted by molar-refractivity contribution is -0.00432. The molecule has 0 radical (unpaired) electrons. The summed E-state index contributed by atoms with van der Waals surface area (Å²) in [5.74, 6) is 1.49. The van der Waals surface area contributed by atoms with Crippen molar-refractivity contribution in [2.45, 2.75) is 44.6 Å². The van der Waals surface area contributed by atoms with Gasteiger partial charge < -0.3 is 13.9 Å². The molecule has 1 saturated heterocycles. The van der Waals surface area contributed by atoms with Crippen molar-refractivity contribution in [2.24, 2.45) is 20.0 Å². The summed E-state index contributed by atoms with van der Waals surface area (Å²) in [6.07, 6.45) is 4.39. The predicted octanol–water partition coefficient (Wildman–Crippen LogP) is 1.38. The largest absolute Gasteiger partial charge is 0.422 e. The molecule has 1 aliphatic carbocycles. The molecule has 0 bridgehead atoms. The summed E-state index contributed by atoms with van der Waals surface area (Å²) >= 11 is 0. The van der Waals surface area contributed by atoms with Crippen LogP contribution in [-0.2, 0) is 19.6 Å². The highest BCUT2D eigenvalue weighted by Gasteiger charge is 2.61. The highest BCUT2D eigenvalue weighted by atomic mass is 16.4. The Morgan fingerprint density at radius 3 is 2.60 bits per heavy atom. The second-order valence-corrected chi connectivity index (χ2v) is 7.47. The number of aromatic nitrogens is 4. The molecule has 0 spiro atoms. The summed E-state index contributed by atoms with van der Waals surface area (Å²) in [6.45, 7) is 4.65. The molecule has 4 rings (SSSR count). The Morgan fingerprint density at radius 2 is 2.08 bits per heavy atom. The van der Waals surface area contributed by atoms with E-state index in [4.69, 9.17) is 4.42 Å². The summed E-state index contributed by atoms with van der Waals surface area (Å²) in [5.41, 5.74) is -0.326. The van der Waals surface area contributed by atoms with Gasteiger partial charge in [0.1, 0.15) is 11.2 Å². The van der Waals surface area contributed by atoms with Gasteiger partial charge in [-0.1, -0.05) is 13.8 Å². The first-order chi connectivity index (χ1) is 11.9. The first-order valence-corrected chi connectivity index (χ1v) is 8.74. The molecule has 8 nitrogen and oxygen atoms in total. The lowest BCUT2D eigenvalue weighted by atomic mass is 9.67. The molecule has 134 valence electrons. The number of rotatable bonds is 3. The van der Waals surface area contributed by atoms with Crippen molar-refractivity contribution < 1.29 is 9.21 Å². The third-order valence-corrected chi connectivity index (χ3v) is 5.77. The van der Waals surface area contributed by atoms with Crippen molar-refractivity contribution in [3.63, 3.8) is 0 Å². The van der Waals surface area contributed by atoms with E-state index in [0.717, 1.165) is 19.3 Å². The topological polar surface area (TPSA) is 86.2 Å². The maximum atomic E-state index is 13.2. The van der Waals surface area contributed by atoms with Crippen molar-refractivity contribution in [1.29, 1.82) is 0 Å². The van der Waals surface area contributed by atoms with Crippen LogP contribution >= 0.6 is 0 Å². The number of fused-ring (bicyclic) bond motifs is 1. The first-order valence-electron chi connectivity index (χ1n) is 8.74. The molecule has 0 aromatic carbocycles. The van der Waals surface area contributed by atoms with Crippen LogP contribution in [0.5, 0.6) is 0 Å². The summed E-state index contributed by atoms with van der Waals surface area (Å²) in [5, 5.41) is 8.44. The molecule has 2 fully saturated rings. The minimum absolute atomic E-state index is 0.147. The number of carbonyl (C=O) groups is 1.